The lowest BCUT2D eigenvalue weighted by atomic mass is 10.1. The molecule has 2 aromatic rings. The van der Waals surface area contributed by atoms with Crippen LogP contribution >= 0.6 is 0 Å². The zero-order valence-corrected chi connectivity index (χ0v) is 11.9. The third-order valence-electron chi connectivity index (χ3n) is 2.95. The van der Waals surface area contributed by atoms with Crippen molar-refractivity contribution in [2.45, 2.75) is 18.0 Å². The molecule has 0 aliphatic heterocycles. The largest absolute Gasteiger partial charge is 0.396 e. The van der Waals surface area contributed by atoms with E-state index in [1.165, 1.54) is 0 Å². The van der Waals surface area contributed by atoms with Crippen molar-refractivity contribution < 1.29 is 17.9 Å². The highest BCUT2D eigenvalue weighted by Crippen LogP contribution is 2.17. The third-order valence-corrected chi connectivity index (χ3v) is 4.35. The van der Waals surface area contributed by atoms with Crippen molar-refractivity contribution in [3.63, 3.8) is 0 Å². The van der Waals surface area contributed by atoms with E-state index in [0.29, 0.717) is 0 Å². The number of hydrogen-bond acceptors (Lipinski definition) is 4. The Morgan fingerprint density at radius 3 is 2.29 bits per heavy atom. The Kier molecular flexibility index (Phi) is 4.56. The van der Waals surface area contributed by atoms with Gasteiger partial charge in [-0.05, 0) is 29.3 Å². The van der Waals surface area contributed by atoms with Gasteiger partial charge in [0.1, 0.15) is 5.82 Å². The lowest BCUT2D eigenvalue weighted by Gasteiger charge is -2.08. The normalized spacial score (nSPS) is 11.5. The van der Waals surface area contributed by atoms with Crippen LogP contribution in [0, 0.1) is 5.82 Å². The van der Waals surface area contributed by atoms with E-state index < -0.39 is 15.8 Å². The lowest BCUT2D eigenvalue weighted by Crippen LogP contribution is -2.23. The number of halogens is 1. The summed E-state index contributed by atoms with van der Waals surface area (Å²) in [7, 11) is -3.76. The molecule has 0 amide bonds. The van der Waals surface area contributed by atoms with Gasteiger partial charge in [-0.2, -0.15) is 0 Å². The maximum atomic E-state index is 13.0. The van der Waals surface area contributed by atoms with E-state index in [1.807, 2.05) is 0 Å². The zero-order valence-electron chi connectivity index (χ0n) is 11.1. The average Bonchev–Trinajstić information content (AvgIpc) is 2.48. The molecular weight excluding hydrogens is 295 g/mol. The summed E-state index contributed by atoms with van der Waals surface area (Å²) in [4.78, 5) is -0.0895. The number of nitrogen functional groups attached to an aromatic ring is 1. The first-order chi connectivity index (χ1) is 9.92. The second kappa shape index (κ2) is 6.21. The van der Waals surface area contributed by atoms with E-state index in [4.69, 9.17) is 10.8 Å². The molecule has 21 heavy (non-hydrogen) atoms. The van der Waals surface area contributed by atoms with Gasteiger partial charge >= 0.3 is 0 Å². The quantitative estimate of drug-likeness (QED) is 0.727. The summed E-state index contributed by atoms with van der Waals surface area (Å²) >= 11 is 0. The van der Waals surface area contributed by atoms with Gasteiger partial charge in [-0.3, -0.25) is 0 Å². The summed E-state index contributed by atoms with van der Waals surface area (Å²) in [6.45, 7) is 0.0200. The molecule has 2 rings (SSSR count). The molecule has 5 nitrogen and oxygen atoms in total. The van der Waals surface area contributed by atoms with Gasteiger partial charge in [0.25, 0.3) is 0 Å². The molecule has 0 spiro atoms. The molecule has 112 valence electrons. The fourth-order valence-corrected chi connectivity index (χ4v) is 2.77. The summed E-state index contributed by atoms with van der Waals surface area (Å²) in [5.41, 5.74) is 6.63. The van der Waals surface area contributed by atoms with Crippen LogP contribution in [0.2, 0.25) is 0 Å². The first kappa shape index (κ1) is 15.4. The van der Waals surface area contributed by atoms with Crippen LogP contribution in [0.25, 0.3) is 0 Å². The smallest absolute Gasteiger partial charge is 0.240 e. The van der Waals surface area contributed by atoms with Gasteiger partial charge in [0.15, 0.2) is 0 Å². The van der Waals surface area contributed by atoms with Crippen molar-refractivity contribution in [1.29, 1.82) is 0 Å². The van der Waals surface area contributed by atoms with Crippen LogP contribution in [0.15, 0.2) is 47.4 Å². The van der Waals surface area contributed by atoms with Gasteiger partial charge in [-0.25, -0.2) is 17.5 Å². The van der Waals surface area contributed by atoms with Gasteiger partial charge in [0.2, 0.25) is 10.0 Å². The Hall–Kier alpha value is -1.96. The zero-order chi connectivity index (χ0) is 15.5. The van der Waals surface area contributed by atoms with Crippen molar-refractivity contribution in [2.24, 2.45) is 0 Å². The Morgan fingerprint density at radius 1 is 1.10 bits per heavy atom. The van der Waals surface area contributed by atoms with Crippen LogP contribution in [-0.2, 0) is 23.2 Å². The van der Waals surface area contributed by atoms with Crippen LogP contribution in [0.5, 0.6) is 0 Å². The predicted octanol–water partition coefficient (Wildman–Crippen LogP) is 1.38. The predicted molar refractivity (Wildman–Crippen MR) is 77.2 cm³/mol. The molecule has 0 atom stereocenters. The van der Waals surface area contributed by atoms with E-state index in [9.17, 15) is 12.8 Å². The number of rotatable bonds is 5. The second-order valence-electron chi connectivity index (χ2n) is 4.48. The van der Waals surface area contributed by atoms with Crippen LogP contribution in [-0.4, -0.2) is 13.5 Å². The molecule has 0 saturated heterocycles. The van der Waals surface area contributed by atoms with Crippen LogP contribution < -0.4 is 10.5 Å². The molecule has 7 heteroatoms. The van der Waals surface area contributed by atoms with Gasteiger partial charge in [-0.15, -0.1) is 0 Å². The molecule has 0 aliphatic carbocycles. The number of benzene rings is 2. The van der Waals surface area contributed by atoms with Crippen LogP contribution in [0.4, 0.5) is 10.1 Å². The molecule has 0 saturated carbocycles. The molecule has 0 aliphatic rings. The highest BCUT2D eigenvalue weighted by atomic mass is 32.2. The van der Waals surface area contributed by atoms with Crippen LogP contribution in [0.1, 0.15) is 11.1 Å². The van der Waals surface area contributed by atoms with Crippen molar-refractivity contribution in [1.82, 2.24) is 4.72 Å². The number of aliphatic hydroxyl groups is 1. The van der Waals surface area contributed by atoms with Crippen LogP contribution in [0.3, 0.4) is 0 Å². The fraction of sp³-hybridized carbons (Fsp3) is 0.143. The van der Waals surface area contributed by atoms with Crippen molar-refractivity contribution >= 4 is 15.7 Å². The van der Waals surface area contributed by atoms with Crippen molar-refractivity contribution in [3.05, 3.63) is 59.4 Å². The lowest BCUT2D eigenvalue weighted by molar-refractivity contribution is 0.282. The van der Waals surface area contributed by atoms with Gasteiger partial charge in [-0.1, -0.05) is 24.3 Å². The van der Waals surface area contributed by atoms with Gasteiger partial charge in [0, 0.05) is 6.54 Å². The Morgan fingerprint density at radius 2 is 1.71 bits per heavy atom. The first-order valence-electron chi connectivity index (χ1n) is 6.16. The van der Waals surface area contributed by atoms with E-state index in [0.717, 1.165) is 29.3 Å². The summed E-state index contributed by atoms with van der Waals surface area (Å²) in [6.07, 6.45) is 0. The molecule has 0 bridgehead atoms. The van der Waals surface area contributed by atoms with Gasteiger partial charge in [0.05, 0.1) is 17.2 Å². The second-order valence-corrected chi connectivity index (χ2v) is 6.25. The minimum Gasteiger partial charge on any atom is -0.396 e. The molecule has 0 radical (unpaired) electrons. The maximum Gasteiger partial charge on any atom is 0.240 e. The minimum absolute atomic E-state index is 0.0686. The topological polar surface area (TPSA) is 92.4 Å². The molecule has 0 heterocycles. The average molecular weight is 310 g/mol. The number of sulfonamides is 1. The number of aliphatic hydroxyl groups excluding tert-OH is 1. The molecule has 0 aromatic heterocycles. The first-order valence-corrected chi connectivity index (χ1v) is 7.64. The molecule has 2 aromatic carbocycles. The molecular formula is C14H15FN2O3S. The molecule has 0 unspecified atom stereocenters. The van der Waals surface area contributed by atoms with E-state index in [1.54, 1.807) is 24.3 Å². The van der Waals surface area contributed by atoms with E-state index in [2.05, 4.69) is 4.72 Å². The summed E-state index contributed by atoms with van der Waals surface area (Å²) < 4.78 is 39.6. The summed E-state index contributed by atoms with van der Waals surface area (Å²) in [5, 5.41) is 8.93. The molecule has 4 N–H and O–H groups in total. The standard InChI is InChI=1S/C14H15FN2O3S/c15-13-6-5-12(7-14(13)16)21(19,20)17-8-10-1-3-11(9-18)4-2-10/h1-7,17-18H,8-9,16H2. The SMILES string of the molecule is Nc1cc(S(=O)(=O)NCc2ccc(CO)cc2)ccc1F. The Labute approximate surface area is 122 Å². The monoisotopic (exact) mass is 310 g/mol. The number of hydrogen-bond donors (Lipinski definition) is 3. The number of anilines is 1. The number of nitrogens with two attached hydrogens (primary N) is 1. The number of nitrogens with one attached hydrogen (secondary N) is 1. The Balaban J connectivity index is 2.11. The third kappa shape index (κ3) is 3.78. The highest BCUT2D eigenvalue weighted by molar-refractivity contribution is 7.89. The fourth-order valence-electron chi connectivity index (χ4n) is 1.71. The minimum atomic E-state index is -3.76. The Bertz CT molecular complexity index is 730. The van der Waals surface area contributed by atoms with Crippen molar-refractivity contribution in [3.8, 4) is 0 Å². The van der Waals surface area contributed by atoms with E-state index >= 15 is 0 Å². The highest BCUT2D eigenvalue weighted by Gasteiger charge is 2.15. The van der Waals surface area contributed by atoms with E-state index in [-0.39, 0.29) is 23.7 Å². The summed E-state index contributed by atoms with van der Waals surface area (Å²) in [6, 6.07) is 10.1. The van der Waals surface area contributed by atoms with Gasteiger partial charge < -0.3 is 10.8 Å². The van der Waals surface area contributed by atoms with Crippen molar-refractivity contribution in [2.75, 3.05) is 5.73 Å². The molecule has 0 fully saturated rings. The maximum absolute atomic E-state index is 13.0. The summed E-state index contributed by atoms with van der Waals surface area (Å²) in [5.74, 6) is -0.659.